The summed E-state index contributed by atoms with van der Waals surface area (Å²) in [6, 6.07) is 13.3. The zero-order chi connectivity index (χ0) is 13.8. The second-order valence-electron chi connectivity index (χ2n) is 4.36. The summed E-state index contributed by atoms with van der Waals surface area (Å²) in [6.45, 7) is 1.97. The predicted molar refractivity (Wildman–Crippen MR) is 82.7 cm³/mol. The van der Waals surface area contributed by atoms with Gasteiger partial charge in [0, 0.05) is 16.7 Å². The van der Waals surface area contributed by atoms with E-state index < -0.39 is 0 Å². The Labute approximate surface area is 125 Å². The number of nitrogens with two attached hydrogens (primary N) is 1. The molecule has 0 spiro atoms. The van der Waals surface area contributed by atoms with E-state index in [1.807, 2.05) is 31.2 Å². The number of hydrogen-bond donors (Lipinski definition) is 1. The molecule has 19 heavy (non-hydrogen) atoms. The van der Waals surface area contributed by atoms with Crippen molar-refractivity contribution in [2.75, 3.05) is 0 Å². The monoisotopic (exact) mass is 339 g/mol. The van der Waals surface area contributed by atoms with Crippen molar-refractivity contribution < 1.29 is 4.39 Å². The van der Waals surface area contributed by atoms with Crippen molar-refractivity contribution in [2.45, 2.75) is 23.6 Å². The quantitative estimate of drug-likeness (QED) is 0.801. The third-order valence-corrected chi connectivity index (χ3v) is 4.74. The normalized spacial score (nSPS) is 12.4. The van der Waals surface area contributed by atoms with Crippen LogP contribution in [0.4, 0.5) is 4.39 Å². The molecule has 0 amide bonds. The maximum absolute atomic E-state index is 13.4. The highest BCUT2D eigenvalue weighted by Gasteiger charge is 2.06. The average Bonchev–Trinajstić information content (AvgIpc) is 2.41. The van der Waals surface area contributed by atoms with Crippen molar-refractivity contribution in [1.82, 2.24) is 0 Å². The van der Waals surface area contributed by atoms with Gasteiger partial charge in [0.05, 0.1) is 4.47 Å². The lowest BCUT2D eigenvalue weighted by atomic mass is 10.1. The third kappa shape index (κ3) is 3.81. The molecule has 0 fully saturated rings. The number of rotatable bonds is 4. The van der Waals surface area contributed by atoms with E-state index in [1.54, 1.807) is 17.8 Å². The Morgan fingerprint density at radius 3 is 2.74 bits per heavy atom. The van der Waals surface area contributed by atoms with Crippen LogP contribution in [0.1, 0.15) is 24.1 Å². The molecule has 1 unspecified atom stereocenters. The first-order chi connectivity index (χ1) is 9.08. The van der Waals surface area contributed by atoms with Gasteiger partial charge in [-0.25, -0.2) is 4.39 Å². The van der Waals surface area contributed by atoms with Crippen molar-refractivity contribution in [3.63, 3.8) is 0 Å². The molecular formula is C15H15BrFNS. The molecule has 1 nitrogen and oxygen atoms in total. The Balaban J connectivity index is 2.10. The Morgan fingerprint density at radius 2 is 2.00 bits per heavy atom. The molecule has 0 aliphatic carbocycles. The highest BCUT2D eigenvalue weighted by Crippen LogP contribution is 2.29. The van der Waals surface area contributed by atoms with Crippen molar-refractivity contribution in [3.8, 4) is 0 Å². The summed E-state index contributed by atoms with van der Waals surface area (Å²) >= 11 is 4.96. The summed E-state index contributed by atoms with van der Waals surface area (Å²) < 4.78 is 13.9. The Hall–Kier alpha value is -0.840. The molecule has 2 rings (SSSR count). The van der Waals surface area contributed by atoms with Crippen LogP contribution in [0.5, 0.6) is 0 Å². The molecule has 0 bridgehead atoms. The summed E-state index contributed by atoms with van der Waals surface area (Å²) in [6.07, 6.45) is 0. The van der Waals surface area contributed by atoms with Gasteiger partial charge in [-0.05, 0) is 52.2 Å². The summed E-state index contributed by atoms with van der Waals surface area (Å²) in [7, 11) is 0. The first kappa shape index (κ1) is 14.6. The van der Waals surface area contributed by atoms with E-state index in [0.717, 1.165) is 21.8 Å². The van der Waals surface area contributed by atoms with Gasteiger partial charge in [0.15, 0.2) is 0 Å². The predicted octanol–water partition coefficient (Wildman–Crippen LogP) is 4.90. The zero-order valence-electron chi connectivity index (χ0n) is 10.6. The molecule has 0 saturated carbocycles. The van der Waals surface area contributed by atoms with Crippen LogP contribution >= 0.6 is 27.7 Å². The molecule has 0 saturated heterocycles. The van der Waals surface area contributed by atoms with E-state index in [-0.39, 0.29) is 11.9 Å². The van der Waals surface area contributed by atoms with Gasteiger partial charge < -0.3 is 5.73 Å². The van der Waals surface area contributed by atoms with Gasteiger partial charge in [0.25, 0.3) is 0 Å². The summed E-state index contributed by atoms with van der Waals surface area (Å²) in [5.74, 6) is 0.503. The number of thioether (sulfide) groups is 1. The van der Waals surface area contributed by atoms with Gasteiger partial charge in [-0.3, -0.25) is 0 Å². The van der Waals surface area contributed by atoms with Crippen LogP contribution in [0.25, 0.3) is 0 Å². The fraction of sp³-hybridized carbons (Fsp3) is 0.200. The highest BCUT2D eigenvalue weighted by molar-refractivity contribution is 9.10. The first-order valence-corrected chi connectivity index (χ1v) is 7.77. The molecule has 1 atom stereocenters. The molecule has 0 aliphatic rings. The molecule has 2 aromatic carbocycles. The molecule has 0 aromatic heterocycles. The van der Waals surface area contributed by atoms with Gasteiger partial charge in [-0.1, -0.05) is 24.3 Å². The third-order valence-electron chi connectivity index (χ3n) is 2.81. The van der Waals surface area contributed by atoms with E-state index >= 15 is 0 Å². The second kappa shape index (κ2) is 6.55. The molecule has 2 aromatic rings. The lowest BCUT2D eigenvalue weighted by Gasteiger charge is -2.09. The van der Waals surface area contributed by atoms with Crippen molar-refractivity contribution in [1.29, 1.82) is 0 Å². The van der Waals surface area contributed by atoms with Gasteiger partial charge in [-0.15, -0.1) is 11.8 Å². The van der Waals surface area contributed by atoms with Crippen molar-refractivity contribution in [3.05, 3.63) is 63.9 Å². The number of hydrogen-bond acceptors (Lipinski definition) is 2. The molecule has 2 N–H and O–H groups in total. The molecular weight excluding hydrogens is 325 g/mol. The smallest absolute Gasteiger partial charge is 0.137 e. The van der Waals surface area contributed by atoms with E-state index in [0.29, 0.717) is 4.47 Å². The van der Waals surface area contributed by atoms with Crippen LogP contribution in [0.2, 0.25) is 0 Å². The fourth-order valence-corrected chi connectivity index (χ4v) is 3.26. The highest BCUT2D eigenvalue weighted by atomic mass is 79.9. The van der Waals surface area contributed by atoms with Crippen molar-refractivity contribution in [2.24, 2.45) is 5.73 Å². The molecule has 0 aliphatic heterocycles. The van der Waals surface area contributed by atoms with Crippen LogP contribution in [-0.2, 0) is 5.75 Å². The lowest BCUT2D eigenvalue weighted by Crippen LogP contribution is -2.04. The summed E-state index contributed by atoms with van der Waals surface area (Å²) in [5.41, 5.74) is 7.94. The number of halogens is 2. The van der Waals surface area contributed by atoms with Crippen LogP contribution in [0, 0.1) is 5.82 Å². The minimum atomic E-state index is -0.220. The van der Waals surface area contributed by atoms with E-state index in [1.165, 1.54) is 6.07 Å². The standard InChI is InChI=1S/C15H15BrFNS/c1-10(18)11-4-2-6-13(8-11)19-9-12-5-3-7-14(17)15(12)16/h2-8,10H,9,18H2,1H3. The maximum Gasteiger partial charge on any atom is 0.137 e. The van der Waals surface area contributed by atoms with Crippen LogP contribution < -0.4 is 5.73 Å². The largest absolute Gasteiger partial charge is 0.324 e. The van der Waals surface area contributed by atoms with E-state index in [9.17, 15) is 4.39 Å². The zero-order valence-corrected chi connectivity index (χ0v) is 13.0. The van der Waals surface area contributed by atoms with Gasteiger partial charge >= 0.3 is 0 Å². The number of benzene rings is 2. The van der Waals surface area contributed by atoms with E-state index in [4.69, 9.17) is 5.73 Å². The lowest BCUT2D eigenvalue weighted by molar-refractivity contribution is 0.619. The molecule has 100 valence electrons. The average molecular weight is 340 g/mol. The molecule has 4 heteroatoms. The summed E-state index contributed by atoms with van der Waals surface area (Å²) in [4.78, 5) is 1.14. The Morgan fingerprint density at radius 1 is 1.26 bits per heavy atom. The van der Waals surface area contributed by atoms with E-state index in [2.05, 4.69) is 22.0 Å². The molecule has 0 radical (unpaired) electrons. The minimum Gasteiger partial charge on any atom is -0.324 e. The second-order valence-corrected chi connectivity index (χ2v) is 6.20. The fourth-order valence-electron chi connectivity index (χ4n) is 1.71. The maximum atomic E-state index is 13.4. The minimum absolute atomic E-state index is 0.0291. The topological polar surface area (TPSA) is 26.0 Å². The van der Waals surface area contributed by atoms with Crippen LogP contribution in [0.3, 0.4) is 0 Å². The SMILES string of the molecule is CC(N)c1cccc(SCc2cccc(F)c2Br)c1. The van der Waals surface area contributed by atoms with Crippen LogP contribution in [-0.4, -0.2) is 0 Å². The Bertz CT molecular complexity index is 572. The first-order valence-electron chi connectivity index (χ1n) is 5.99. The Kier molecular flexibility index (Phi) is 5.02. The van der Waals surface area contributed by atoms with Gasteiger partial charge in [0.1, 0.15) is 5.82 Å². The van der Waals surface area contributed by atoms with Crippen LogP contribution in [0.15, 0.2) is 51.8 Å². The summed E-state index contributed by atoms with van der Waals surface area (Å²) in [5, 5.41) is 0. The van der Waals surface area contributed by atoms with Gasteiger partial charge in [0.2, 0.25) is 0 Å². The molecule has 0 heterocycles. The van der Waals surface area contributed by atoms with Gasteiger partial charge in [-0.2, -0.15) is 0 Å². The van der Waals surface area contributed by atoms with Crippen molar-refractivity contribution >= 4 is 27.7 Å².